The molecule has 0 radical (unpaired) electrons. The summed E-state index contributed by atoms with van der Waals surface area (Å²) in [5.41, 5.74) is -0.118. The Hall–Kier alpha value is -1.96. The fraction of sp³-hybridized carbons (Fsp3) is 0.519. The number of anilines is 1. The maximum Gasteiger partial charge on any atom is 0.232 e. The Balaban J connectivity index is 1.80. The highest BCUT2D eigenvalue weighted by molar-refractivity contribution is 7.92. The quantitative estimate of drug-likeness (QED) is 0.458. The van der Waals surface area contributed by atoms with Gasteiger partial charge in [0.05, 0.1) is 10.6 Å². The van der Waals surface area contributed by atoms with E-state index in [2.05, 4.69) is 0 Å². The van der Waals surface area contributed by atoms with E-state index in [0.29, 0.717) is 16.5 Å². The van der Waals surface area contributed by atoms with Crippen molar-refractivity contribution in [2.45, 2.75) is 69.1 Å². The summed E-state index contributed by atoms with van der Waals surface area (Å²) >= 11 is 5.98. The number of carbonyl (C=O) groups is 1. The fourth-order valence-corrected chi connectivity index (χ4v) is 7.12. The van der Waals surface area contributed by atoms with Crippen LogP contribution in [-0.2, 0) is 24.1 Å². The molecule has 0 aromatic heterocycles. The van der Waals surface area contributed by atoms with Crippen LogP contribution in [0.2, 0.25) is 5.02 Å². The minimum atomic E-state index is -3.89. The number of nitrogens with zero attached hydrogens (tertiary/aromatic N) is 1. The number of halogens is 2. The van der Waals surface area contributed by atoms with Crippen molar-refractivity contribution in [1.29, 1.82) is 0 Å². The third-order valence-electron chi connectivity index (χ3n) is 7.24. The van der Waals surface area contributed by atoms with Crippen LogP contribution in [-0.4, -0.2) is 33.6 Å². The van der Waals surface area contributed by atoms with Gasteiger partial charge in [0.25, 0.3) is 0 Å². The van der Waals surface area contributed by atoms with E-state index in [-0.39, 0.29) is 48.6 Å². The lowest BCUT2D eigenvalue weighted by molar-refractivity contribution is -0.126. The van der Waals surface area contributed by atoms with Crippen LogP contribution in [0.4, 0.5) is 10.1 Å². The molecule has 1 aliphatic heterocycles. The molecule has 0 spiro atoms. The van der Waals surface area contributed by atoms with Crippen molar-refractivity contribution in [3.8, 4) is 0 Å². The second kappa shape index (κ2) is 9.49. The first-order valence-electron chi connectivity index (χ1n) is 12.1. The van der Waals surface area contributed by atoms with Gasteiger partial charge in [0, 0.05) is 29.7 Å². The summed E-state index contributed by atoms with van der Waals surface area (Å²) in [6, 6.07) is 10.5. The zero-order valence-corrected chi connectivity index (χ0v) is 22.3. The maximum absolute atomic E-state index is 15.8. The molecule has 35 heavy (non-hydrogen) atoms. The molecule has 1 saturated carbocycles. The summed E-state index contributed by atoms with van der Waals surface area (Å²) in [5, 5.41) is 0.439. The van der Waals surface area contributed by atoms with Crippen molar-refractivity contribution in [2.75, 3.05) is 18.1 Å². The van der Waals surface area contributed by atoms with Gasteiger partial charge in [0.2, 0.25) is 5.91 Å². The Labute approximate surface area is 212 Å². The molecule has 0 bridgehead atoms. The first kappa shape index (κ1) is 26.1. The largest absolute Gasteiger partial charge is 0.381 e. The van der Waals surface area contributed by atoms with Crippen molar-refractivity contribution in [3.05, 3.63) is 58.9 Å². The monoisotopic (exact) mass is 521 g/mol. The number of rotatable bonds is 6. The third kappa shape index (κ3) is 4.87. The van der Waals surface area contributed by atoms with Gasteiger partial charge in [-0.15, -0.1) is 0 Å². The van der Waals surface area contributed by atoms with E-state index >= 15 is 4.39 Å². The molecule has 1 unspecified atom stereocenters. The Morgan fingerprint density at radius 2 is 1.71 bits per heavy atom. The summed E-state index contributed by atoms with van der Waals surface area (Å²) in [5.74, 6) is -0.407. The Morgan fingerprint density at radius 3 is 2.23 bits per heavy atom. The second-order valence-electron chi connectivity index (χ2n) is 10.7. The number of ether oxygens (including phenoxy) is 1. The number of sulfone groups is 1. The van der Waals surface area contributed by atoms with E-state index in [1.54, 1.807) is 29.2 Å². The van der Waals surface area contributed by atoms with E-state index in [1.807, 2.05) is 27.7 Å². The van der Waals surface area contributed by atoms with Gasteiger partial charge >= 0.3 is 0 Å². The summed E-state index contributed by atoms with van der Waals surface area (Å²) in [4.78, 5) is 15.1. The lowest BCUT2D eigenvalue weighted by Gasteiger charge is -2.38. The minimum Gasteiger partial charge on any atom is -0.381 e. The van der Waals surface area contributed by atoms with Crippen molar-refractivity contribution >= 4 is 33.0 Å². The van der Waals surface area contributed by atoms with Crippen molar-refractivity contribution in [1.82, 2.24) is 0 Å². The van der Waals surface area contributed by atoms with Crippen LogP contribution in [0.5, 0.6) is 0 Å². The molecule has 2 fully saturated rings. The van der Waals surface area contributed by atoms with Crippen LogP contribution < -0.4 is 4.90 Å². The maximum atomic E-state index is 15.8. The Kier molecular flexibility index (Phi) is 7.08. The first-order valence-corrected chi connectivity index (χ1v) is 14.0. The number of hydrogen-bond donors (Lipinski definition) is 0. The van der Waals surface area contributed by atoms with Crippen LogP contribution in [0.3, 0.4) is 0 Å². The second-order valence-corrected chi connectivity index (χ2v) is 13.4. The third-order valence-corrected chi connectivity index (χ3v) is 10.1. The zero-order valence-electron chi connectivity index (χ0n) is 20.7. The van der Waals surface area contributed by atoms with E-state index < -0.39 is 25.8 Å². The minimum absolute atomic E-state index is 0.139. The highest BCUT2D eigenvalue weighted by atomic mass is 35.5. The van der Waals surface area contributed by atoms with Crippen molar-refractivity contribution < 1.29 is 22.3 Å². The summed E-state index contributed by atoms with van der Waals surface area (Å²) in [6.07, 6.45) is 2.44. The van der Waals surface area contributed by atoms with Gasteiger partial charge in [-0.2, -0.15) is 0 Å². The predicted molar refractivity (Wildman–Crippen MR) is 136 cm³/mol. The Bertz CT molecular complexity index is 1200. The average molecular weight is 522 g/mol. The molecule has 2 aromatic rings. The molecule has 1 amide bonds. The topological polar surface area (TPSA) is 63.7 Å². The summed E-state index contributed by atoms with van der Waals surface area (Å²) < 4.78 is 47.8. The molecule has 4 rings (SSSR count). The lowest BCUT2D eigenvalue weighted by Crippen LogP contribution is -2.46. The molecule has 1 heterocycles. The smallest absolute Gasteiger partial charge is 0.232 e. The SMILES string of the molecule is CC(C1CC1)N(C(=O)C(C)(C)C)c1ccc(C2(S(=O)(=O)c3ccc(Cl)cc3)CCOCC2)cc1F. The number of carbonyl (C=O) groups excluding carboxylic acids is 1. The standard InChI is InChI=1S/C27H33ClFNO4S/c1-18(19-5-6-19)30(25(31)26(2,3)4)24-12-7-20(17-23(24)29)27(13-15-34-16-14-27)35(32,33)22-10-8-21(28)9-11-22/h7-12,17-19H,5-6,13-16H2,1-4H3. The Morgan fingerprint density at radius 1 is 1.11 bits per heavy atom. The number of amides is 1. The molecule has 8 heteroatoms. The molecule has 2 aromatic carbocycles. The molecular weight excluding hydrogens is 489 g/mol. The predicted octanol–water partition coefficient (Wildman–Crippen LogP) is 6.14. The van der Waals surface area contributed by atoms with Crippen LogP contribution in [0, 0.1) is 17.2 Å². The van der Waals surface area contributed by atoms with Gasteiger partial charge in [0.15, 0.2) is 9.84 Å². The molecule has 1 atom stereocenters. The summed E-state index contributed by atoms with van der Waals surface area (Å²) in [6.45, 7) is 7.94. The lowest BCUT2D eigenvalue weighted by atomic mass is 9.89. The fourth-order valence-electron chi connectivity index (χ4n) is 4.90. The molecule has 2 aliphatic rings. The van der Waals surface area contributed by atoms with Crippen molar-refractivity contribution in [2.24, 2.45) is 11.3 Å². The van der Waals surface area contributed by atoms with Crippen molar-refractivity contribution in [3.63, 3.8) is 0 Å². The highest BCUT2D eigenvalue weighted by Gasteiger charge is 2.48. The van der Waals surface area contributed by atoms with Crippen LogP contribution in [0.1, 0.15) is 58.9 Å². The van der Waals surface area contributed by atoms with Crippen LogP contribution >= 0.6 is 11.6 Å². The first-order chi connectivity index (χ1) is 16.4. The molecular formula is C27H33ClFNO4S. The van der Waals surface area contributed by atoms with E-state index in [0.717, 1.165) is 12.8 Å². The van der Waals surface area contributed by atoms with Gasteiger partial charge in [-0.25, -0.2) is 12.8 Å². The van der Waals surface area contributed by atoms with Gasteiger partial charge in [-0.3, -0.25) is 4.79 Å². The zero-order chi connectivity index (χ0) is 25.6. The van der Waals surface area contributed by atoms with Gasteiger partial charge in [0.1, 0.15) is 10.6 Å². The molecule has 5 nitrogen and oxygen atoms in total. The number of benzene rings is 2. The molecule has 1 aliphatic carbocycles. The average Bonchev–Trinajstić information content (AvgIpc) is 3.65. The van der Waals surface area contributed by atoms with Crippen LogP contribution in [0.15, 0.2) is 47.4 Å². The highest BCUT2D eigenvalue weighted by Crippen LogP contribution is 2.45. The number of hydrogen-bond acceptors (Lipinski definition) is 4. The van der Waals surface area contributed by atoms with E-state index in [4.69, 9.17) is 16.3 Å². The van der Waals surface area contributed by atoms with Crippen LogP contribution in [0.25, 0.3) is 0 Å². The van der Waals surface area contributed by atoms with E-state index in [9.17, 15) is 13.2 Å². The molecule has 0 N–H and O–H groups in total. The molecule has 1 saturated heterocycles. The van der Waals surface area contributed by atoms with Gasteiger partial charge in [-0.1, -0.05) is 38.4 Å². The normalized spacial score (nSPS) is 19.3. The van der Waals surface area contributed by atoms with Gasteiger partial charge < -0.3 is 9.64 Å². The van der Waals surface area contributed by atoms with Gasteiger partial charge in [-0.05, 0) is 80.5 Å². The molecule has 190 valence electrons. The summed E-state index contributed by atoms with van der Waals surface area (Å²) in [7, 11) is -3.89. The van der Waals surface area contributed by atoms with E-state index in [1.165, 1.54) is 18.2 Å².